The fourth-order valence-corrected chi connectivity index (χ4v) is 3.51. The maximum atomic E-state index is 11.9. The van der Waals surface area contributed by atoms with Gasteiger partial charge in [-0.3, -0.25) is 4.79 Å². The van der Waals surface area contributed by atoms with Crippen LogP contribution in [0.3, 0.4) is 0 Å². The molecule has 0 fully saturated rings. The molecule has 5 heteroatoms. The van der Waals surface area contributed by atoms with Gasteiger partial charge in [-0.05, 0) is 23.9 Å². The Morgan fingerprint density at radius 3 is 2.89 bits per heavy atom. The molecule has 0 saturated carbocycles. The zero-order valence-corrected chi connectivity index (χ0v) is 12.7. The number of rotatable bonds is 6. The molecule has 0 aliphatic carbocycles. The number of anilines is 2. The van der Waals surface area contributed by atoms with Crippen LogP contribution in [0.5, 0.6) is 0 Å². The van der Waals surface area contributed by atoms with Crippen molar-refractivity contribution in [1.82, 2.24) is 0 Å². The first-order valence-corrected chi connectivity index (χ1v) is 7.97. The van der Waals surface area contributed by atoms with Crippen LogP contribution >= 0.6 is 22.7 Å². The van der Waals surface area contributed by atoms with Crippen LogP contribution in [-0.2, 0) is 6.42 Å². The SMILES string of the molecule is CC(C)C(=O)c1sc(NCCc2cccs2)cc1N. The van der Waals surface area contributed by atoms with Gasteiger partial charge in [-0.25, -0.2) is 0 Å². The molecular weight excluding hydrogens is 276 g/mol. The van der Waals surface area contributed by atoms with E-state index < -0.39 is 0 Å². The van der Waals surface area contributed by atoms with E-state index in [0.29, 0.717) is 10.6 Å². The van der Waals surface area contributed by atoms with Crippen molar-refractivity contribution in [2.24, 2.45) is 5.92 Å². The Kier molecular flexibility index (Phi) is 4.61. The lowest BCUT2D eigenvalue weighted by atomic mass is 10.1. The van der Waals surface area contributed by atoms with Gasteiger partial charge in [0.1, 0.15) is 0 Å². The van der Waals surface area contributed by atoms with Crippen molar-refractivity contribution in [2.45, 2.75) is 20.3 Å². The number of carbonyl (C=O) groups is 1. The van der Waals surface area contributed by atoms with Crippen LogP contribution in [0.4, 0.5) is 10.7 Å². The van der Waals surface area contributed by atoms with Crippen molar-refractivity contribution in [1.29, 1.82) is 0 Å². The molecule has 0 aliphatic rings. The Labute approximate surface area is 121 Å². The lowest BCUT2D eigenvalue weighted by Crippen LogP contribution is -2.07. The largest absolute Gasteiger partial charge is 0.397 e. The van der Waals surface area contributed by atoms with Gasteiger partial charge in [-0.15, -0.1) is 22.7 Å². The third-order valence-electron chi connectivity index (χ3n) is 2.76. The lowest BCUT2D eigenvalue weighted by molar-refractivity contribution is 0.0944. The third-order valence-corrected chi connectivity index (χ3v) is 4.82. The second-order valence-corrected chi connectivity index (χ2v) is 6.75. The molecule has 0 atom stereocenters. The molecule has 102 valence electrons. The minimum absolute atomic E-state index is 0.0140. The normalized spacial score (nSPS) is 10.9. The second kappa shape index (κ2) is 6.21. The first-order valence-electron chi connectivity index (χ1n) is 6.27. The molecule has 19 heavy (non-hydrogen) atoms. The average Bonchev–Trinajstić information content (AvgIpc) is 2.98. The van der Waals surface area contributed by atoms with Crippen molar-refractivity contribution < 1.29 is 4.79 Å². The summed E-state index contributed by atoms with van der Waals surface area (Å²) in [5.41, 5.74) is 6.48. The molecule has 2 aromatic heterocycles. The number of hydrogen-bond donors (Lipinski definition) is 2. The summed E-state index contributed by atoms with van der Waals surface area (Å²) < 4.78 is 0. The van der Waals surface area contributed by atoms with Gasteiger partial charge in [0.05, 0.1) is 15.6 Å². The van der Waals surface area contributed by atoms with E-state index >= 15 is 0 Å². The first kappa shape index (κ1) is 14.1. The van der Waals surface area contributed by atoms with Crippen LogP contribution in [-0.4, -0.2) is 12.3 Å². The quantitative estimate of drug-likeness (QED) is 0.795. The molecule has 0 radical (unpaired) electrons. The molecule has 3 N–H and O–H groups in total. The third kappa shape index (κ3) is 3.58. The highest BCUT2D eigenvalue weighted by Gasteiger charge is 2.17. The Morgan fingerprint density at radius 1 is 1.47 bits per heavy atom. The Hall–Kier alpha value is -1.33. The fourth-order valence-electron chi connectivity index (χ4n) is 1.71. The molecule has 3 nitrogen and oxygen atoms in total. The minimum Gasteiger partial charge on any atom is -0.397 e. The number of nitrogens with two attached hydrogens (primary N) is 1. The van der Waals surface area contributed by atoms with Gasteiger partial charge in [0.2, 0.25) is 0 Å². The molecule has 2 aromatic rings. The summed E-state index contributed by atoms with van der Waals surface area (Å²) in [5.74, 6) is 0.105. The van der Waals surface area contributed by atoms with Gasteiger partial charge >= 0.3 is 0 Å². The number of thiophene rings is 2. The second-order valence-electron chi connectivity index (χ2n) is 4.67. The average molecular weight is 294 g/mol. The molecular formula is C14H18N2OS2. The van der Waals surface area contributed by atoms with Gasteiger partial charge in [0.15, 0.2) is 5.78 Å². The Balaban J connectivity index is 1.94. The predicted molar refractivity (Wildman–Crippen MR) is 84.4 cm³/mol. The molecule has 0 spiro atoms. The van der Waals surface area contributed by atoms with Gasteiger partial charge < -0.3 is 11.1 Å². The summed E-state index contributed by atoms with van der Waals surface area (Å²) in [5, 5.41) is 6.38. The van der Waals surface area contributed by atoms with Crippen LogP contribution in [0.2, 0.25) is 0 Å². The van der Waals surface area contributed by atoms with Crippen LogP contribution in [0.1, 0.15) is 28.4 Å². The molecule has 0 unspecified atom stereocenters. The first-order chi connectivity index (χ1) is 9.08. The summed E-state index contributed by atoms with van der Waals surface area (Å²) in [6, 6.07) is 6.04. The molecule has 0 aromatic carbocycles. The summed E-state index contributed by atoms with van der Waals surface area (Å²) in [7, 11) is 0. The zero-order valence-electron chi connectivity index (χ0n) is 11.1. The van der Waals surface area contributed by atoms with Gasteiger partial charge in [-0.1, -0.05) is 19.9 Å². The summed E-state index contributed by atoms with van der Waals surface area (Å²) in [6.07, 6.45) is 0.989. The molecule has 0 bridgehead atoms. The molecule has 2 rings (SSSR count). The van der Waals surface area contributed by atoms with E-state index in [4.69, 9.17) is 5.73 Å². The highest BCUT2D eigenvalue weighted by Crippen LogP contribution is 2.31. The Morgan fingerprint density at radius 2 is 2.26 bits per heavy atom. The summed E-state index contributed by atoms with van der Waals surface area (Å²) in [4.78, 5) is 14.0. The number of Topliss-reactive ketones (excluding diaryl/α,β-unsaturated/α-hetero) is 1. The van der Waals surface area contributed by atoms with Crippen LogP contribution in [0, 0.1) is 5.92 Å². The van der Waals surface area contributed by atoms with Crippen molar-refractivity contribution in [2.75, 3.05) is 17.6 Å². The topological polar surface area (TPSA) is 55.1 Å². The monoisotopic (exact) mass is 294 g/mol. The van der Waals surface area contributed by atoms with E-state index in [0.717, 1.165) is 18.0 Å². The molecule has 0 amide bonds. The maximum absolute atomic E-state index is 11.9. The van der Waals surface area contributed by atoms with Crippen LogP contribution in [0.15, 0.2) is 23.6 Å². The number of carbonyl (C=O) groups excluding carboxylic acids is 1. The van der Waals surface area contributed by atoms with E-state index in [-0.39, 0.29) is 11.7 Å². The number of hydrogen-bond acceptors (Lipinski definition) is 5. The predicted octanol–water partition coefficient (Wildman–Crippen LogP) is 3.89. The van der Waals surface area contributed by atoms with Crippen molar-refractivity contribution >= 4 is 39.1 Å². The van der Waals surface area contributed by atoms with E-state index in [9.17, 15) is 4.79 Å². The summed E-state index contributed by atoms with van der Waals surface area (Å²) >= 11 is 3.21. The molecule has 2 heterocycles. The number of nitrogens with one attached hydrogen (secondary N) is 1. The highest BCUT2D eigenvalue weighted by molar-refractivity contribution is 7.18. The van der Waals surface area contributed by atoms with Gasteiger partial charge in [0.25, 0.3) is 0 Å². The minimum atomic E-state index is -0.0140. The maximum Gasteiger partial charge on any atom is 0.177 e. The van der Waals surface area contributed by atoms with E-state index in [2.05, 4.69) is 22.8 Å². The van der Waals surface area contributed by atoms with Gasteiger partial charge in [0, 0.05) is 17.3 Å². The smallest absolute Gasteiger partial charge is 0.177 e. The Bertz CT molecular complexity index is 544. The molecule has 0 saturated heterocycles. The van der Waals surface area contributed by atoms with Crippen molar-refractivity contribution in [3.63, 3.8) is 0 Å². The standard InChI is InChI=1S/C14H18N2OS2/c1-9(2)13(17)14-11(15)8-12(19-14)16-6-5-10-4-3-7-18-10/h3-4,7-9,16H,5-6,15H2,1-2H3. The van der Waals surface area contributed by atoms with Crippen LogP contribution in [0.25, 0.3) is 0 Å². The van der Waals surface area contributed by atoms with Gasteiger partial charge in [-0.2, -0.15) is 0 Å². The van der Waals surface area contributed by atoms with E-state index in [1.807, 2.05) is 19.9 Å². The number of ketones is 1. The van der Waals surface area contributed by atoms with Crippen LogP contribution < -0.4 is 11.1 Å². The number of nitrogen functional groups attached to an aromatic ring is 1. The molecule has 0 aliphatic heterocycles. The lowest BCUT2D eigenvalue weighted by Gasteiger charge is -2.02. The fraction of sp³-hybridized carbons (Fsp3) is 0.357. The van der Waals surface area contributed by atoms with Crippen molar-refractivity contribution in [3.05, 3.63) is 33.3 Å². The van der Waals surface area contributed by atoms with Crippen molar-refractivity contribution in [3.8, 4) is 0 Å². The highest BCUT2D eigenvalue weighted by atomic mass is 32.1. The zero-order chi connectivity index (χ0) is 13.8. The van der Waals surface area contributed by atoms with E-state index in [1.165, 1.54) is 16.2 Å². The van der Waals surface area contributed by atoms with E-state index in [1.54, 1.807) is 11.3 Å². The summed E-state index contributed by atoms with van der Waals surface area (Å²) in [6.45, 7) is 4.65.